The maximum absolute atomic E-state index is 11.3. The number of aromatic nitrogens is 2. The van der Waals surface area contributed by atoms with Crippen molar-refractivity contribution >= 4 is 28.5 Å². The highest BCUT2D eigenvalue weighted by molar-refractivity contribution is 7.14. The molecule has 4 rings (SSSR count). The van der Waals surface area contributed by atoms with Crippen LogP contribution in [-0.2, 0) is 11.2 Å². The minimum atomic E-state index is 0.0905. The topological polar surface area (TPSA) is 64.1 Å². The van der Waals surface area contributed by atoms with Gasteiger partial charge in [0.25, 0.3) is 0 Å². The van der Waals surface area contributed by atoms with Crippen LogP contribution in [0.1, 0.15) is 11.9 Å². The monoisotopic (exact) mass is 415 g/mol. The third kappa shape index (κ3) is 4.55. The Balaban J connectivity index is 1.54. The molecule has 0 atom stereocenters. The van der Waals surface area contributed by atoms with Crippen LogP contribution < -0.4 is 10.1 Å². The second-order valence-electron chi connectivity index (χ2n) is 6.86. The van der Waals surface area contributed by atoms with E-state index in [1.165, 1.54) is 11.3 Å². The van der Waals surface area contributed by atoms with Gasteiger partial charge >= 0.3 is 0 Å². The lowest BCUT2D eigenvalue weighted by Crippen LogP contribution is -1.94. The van der Waals surface area contributed by atoms with E-state index in [2.05, 4.69) is 39.8 Å². The number of para-hydroxylation sites is 1. The Morgan fingerprint density at radius 2 is 1.63 bits per heavy atom. The summed E-state index contributed by atoms with van der Waals surface area (Å²) in [5, 5.41) is 13.4. The number of carbonyl (C=O) groups excluding carboxylic acids is 1. The number of anilines is 2. The van der Waals surface area contributed by atoms with Crippen molar-refractivity contribution in [3.63, 3.8) is 0 Å². The molecule has 5 nitrogen and oxygen atoms in total. The highest BCUT2D eigenvalue weighted by Crippen LogP contribution is 2.32. The first-order valence-electron chi connectivity index (χ1n) is 9.55. The van der Waals surface area contributed by atoms with Crippen LogP contribution in [0.3, 0.4) is 0 Å². The van der Waals surface area contributed by atoms with E-state index in [9.17, 15) is 4.79 Å². The van der Waals surface area contributed by atoms with Crippen molar-refractivity contribution in [1.29, 1.82) is 0 Å². The van der Waals surface area contributed by atoms with Crippen LogP contribution in [0.4, 0.5) is 11.4 Å². The van der Waals surface area contributed by atoms with E-state index in [-0.39, 0.29) is 5.78 Å². The number of rotatable bonds is 7. The molecule has 150 valence electrons. The Hall–Kier alpha value is -3.51. The molecular formula is C24H21N3O2S. The number of methoxy groups -OCH3 is 1. The standard InChI is InChI=1S/C24H21N3O2S/c1-16(28)15-23-26-27-24(30-23)18-7-11-19(12-8-18)25-22-6-4-3-5-21(22)17-9-13-20(29-2)14-10-17/h3-14,25H,15H2,1-2H3. The Bertz CT molecular complexity index is 1150. The maximum Gasteiger partial charge on any atom is 0.147 e. The smallest absolute Gasteiger partial charge is 0.147 e. The fraction of sp³-hybridized carbons (Fsp3) is 0.125. The summed E-state index contributed by atoms with van der Waals surface area (Å²) in [7, 11) is 1.67. The van der Waals surface area contributed by atoms with Crippen LogP contribution in [0.2, 0.25) is 0 Å². The van der Waals surface area contributed by atoms with Gasteiger partial charge in [-0.05, 0) is 55.0 Å². The summed E-state index contributed by atoms with van der Waals surface area (Å²) in [6.45, 7) is 1.56. The number of carbonyl (C=O) groups is 1. The zero-order valence-corrected chi connectivity index (χ0v) is 17.6. The van der Waals surface area contributed by atoms with Crippen LogP contribution in [0.25, 0.3) is 21.7 Å². The fourth-order valence-electron chi connectivity index (χ4n) is 3.12. The summed E-state index contributed by atoms with van der Waals surface area (Å²) in [6, 6.07) is 24.3. The van der Waals surface area contributed by atoms with Crippen LogP contribution in [0.15, 0.2) is 72.8 Å². The molecule has 0 saturated carbocycles. The second kappa shape index (κ2) is 8.88. The number of nitrogens with one attached hydrogen (secondary N) is 1. The molecule has 0 aliphatic heterocycles. The normalized spacial score (nSPS) is 10.6. The molecule has 4 aromatic rings. The molecule has 1 N–H and O–H groups in total. The minimum Gasteiger partial charge on any atom is -0.497 e. The van der Waals surface area contributed by atoms with Crippen molar-refractivity contribution < 1.29 is 9.53 Å². The Labute approximate surface area is 179 Å². The molecule has 1 heterocycles. The molecular weight excluding hydrogens is 394 g/mol. The van der Waals surface area contributed by atoms with Crippen molar-refractivity contribution in [3.8, 4) is 27.4 Å². The Morgan fingerprint density at radius 3 is 2.33 bits per heavy atom. The van der Waals surface area contributed by atoms with Crippen LogP contribution in [-0.4, -0.2) is 23.1 Å². The van der Waals surface area contributed by atoms with Crippen LogP contribution in [0.5, 0.6) is 5.75 Å². The number of ether oxygens (including phenoxy) is 1. The average Bonchev–Trinajstić information content (AvgIpc) is 3.22. The molecule has 0 radical (unpaired) electrons. The highest BCUT2D eigenvalue weighted by atomic mass is 32.1. The van der Waals surface area contributed by atoms with E-state index in [0.29, 0.717) is 6.42 Å². The largest absolute Gasteiger partial charge is 0.497 e. The zero-order chi connectivity index (χ0) is 20.9. The number of hydrogen-bond donors (Lipinski definition) is 1. The first-order valence-corrected chi connectivity index (χ1v) is 10.4. The molecule has 0 spiro atoms. The van der Waals surface area contributed by atoms with Gasteiger partial charge in [-0.25, -0.2) is 0 Å². The predicted octanol–water partition coefficient (Wildman–Crippen LogP) is 5.76. The molecule has 0 bridgehead atoms. The molecule has 0 fully saturated rings. The summed E-state index contributed by atoms with van der Waals surface area (Å²) < 4.78 is 5.26. The van der Waals surface area contributed by atoms with Gasteiger partial charge in [0.15, 0.2) is 0 Å². The number of Topliss-reactive ketones (excluding diaryl/α,β-unsaturated/α-hetero) is 1. The number of benzene rings is 3. The van der Waals surface area contributed by atoms with Gasteiger partial charge in [0.05, 0.1) is 13.5 Å². The van der Waals surface area contributed by atoms with E-state index in [1.54, 1.807) is 14.0 Å². The van der Waals surface area contributed by atoms with Crippen molar-refractivity contribution in [2.45, 2.75) is 13.3 Å². The number of nitrogens with zero attached hydrogens (tertiary/aromatic N) is 2. The fourth-order valence-corrected chi connectivity index (χ4v) is 4.04. The molecule has 0 amide bonds. The second-order valence-corrected chi connectivity index (χ2v) is 7.92. The van der Waals surface area contributed by atoms with E-state index in [1.807, 2.05) is 48.5 Å². The third-order valence-electron chi connectivity index (χ3n) is 4.61. The predicted molar refractivity (Wildman–Crippen MR) is 121 cm³/mol. The molecule has 0 saturated heterocycles. The van der Waals surface area contributed by atoms with Crippen molar-refractivity contribution in [1.82, 2.24) is 10.2 Å². The molecule has 30 heavy (non-hydrogen) atoms. The third-order valence-corrected chi connectivity index (χ3v) is 5.58. The van der Waals surface area contributed by atoms with Gasteiger partial charge < -0.3 is 10.1 Å². The molecule has 6 heteroatoms. The van der Waals surface area contributed by atoms with E-state index < -0.39 is 0 Å². The maximum atomic E-state index is 11.3. The number of ketones is 1. The average molecular weight is 416 g/mol. The minimum absolute atomic E-state index is 0.0905. The lowest BCUT2D eigenvalue weighted by molar-refractivity contribution is -0.116. The first kappa shape index (κ1) is 19.8. The number of hydrogen-bond acceptors (Lipinski definition) is 6. The molecule has 0 unspecified atom stereocenters. The van der Waals surface area contributed by atoms with Gasteiger partial charge in [0.1, 0.15) is 21.5 Å². The SMILES string of the molecule is COc1ccc(-c2ccccc2Nc2ccc(-c3nnc(CC(C)=O)s3)cc2)cc1. The van der Waals surface area contributed by atoms with Crippen molar-refractivity contribution in [2.75, 3.05) is 12.4 Å². The van der Waals surface area contributed by atoms with Crippen LogP contribution in [0, 0.1) is 0 Å². The summed E-state index contributed by atoms with van der Waals surface area (Å²) in [4.78, 5) is 11.3. The van der Waals surface area contributed by atoms with Gasteiger partial charge in [-0.3, -0.25) is 4.79 Å². The van der Waals surface area contributed by atoms with Crippen molar-refractivity contribution in [2.24, 2.45) is 0 Å². The van der Waals surface area contributed by atoms with Crippen molar-refractivity contribution in [3.05, 3.63) is 77.8 Å². The molecule has 3 aromatic carbocycles. The zero-order valence-electron chi connectivity index (χ0n) is 16.8. The lowest BCUT2D eigenvalue weighted by Gasteiger charge is -2.13. The molecule has 0 aliphatic rings. The van der Waals surface area contributed by atoms with Gasteiger partial charge in [-0.2, -0.15) is 0 Å². The molecule has 0 aliphatic carbocycles. The van der Waals surface area contributed by atoms with Crippen LogP contribution >= 0.6 is 11.3 Å². The molecule has 1 aromatic heterocycles. The Morgan fingerprint density at radius 1 is 0.933 bits per heavy atom. The first-order chi connectivity index (χ1) is 14.6. The highest BCUT2D eigenvalue weighted by Gasteiger charge is 2.09. The van der Waals surface area contributed by atoms with E-state index >= 15 is 0 Å². The van der Waals surface area contributed by atoms with Gasteiger partial charge in [0, 0.05) is 22.5 Å². The summed E-state index contributed by atoms with van der Waals surface area (Å²) in [5.74, 6) is 0.927. The van der Waals surface area contributed by atoms with Gasteiger partial charge in [0.2, 0.25) is 0 Å². The Kier molecular flexibility index (Phi) is 5.86. The van der Waals surface area contributed by atoms with E-state index in [4.69, 9.17) is 4.74 Å². The summed E-state index contributed by atoms with van der Waals surface area (Å²) in [5.41, 5.74) is 5.21. The summed E-state index contributed by atoms with van der Waals surface area (Å²) >= 11 is 1.45. The quantitative estimate of drug-likeness (QED) is 0.416. The summed E-state index contributed by atoms with van der Waals surface area (Å²) in [6.07, 6.45) is 0.333. The lowest BCUT2D eigenvalue weighted by atomic mass is 10.0. The van der Waals surface area contributed by atoms with Gasteiger partial charge in [-0.1, -0.05) is 41.7 Å². The van der Waals surface area contributed by atoms with E-state index in [0.717, 1.165) is 43.8 Å². The van der Waals surface area contributed by atoms with Gasteiger partial charge in [-0.15, -0.1) is 10.2 Å².